The van der Waals surface area contributed by atoms with Crippen LogP contribution < -0.4 is 9.47 Å². The average Bonchev–Trinajstić information content (AvgIpc) is 3.55. The van der Waals surface area contributed by atoms with Gasteiger partial charge in [0.15, 0.2) is 11.5 Å². The van der Waals surface area contributed by atoms with Crippen molar-refractivity contribution in [3.63, 3.8) is 0 Å². The van der Waals surface area contributed by atoms with Crippen LogP contribution in [0, 0.1) is 0 Å². The molecular weight excluding hydrogens is 528 g/mol. The Morgan fingerprint density at radius 1 is 1.00 bits per heavy atom. The van der Waals surface area contributed by atoms with E-state index >= 15 is 0 Å². The predicted molar refractivity (Wildman–Crippen MR) is 153 cm³/mol. The molecule has 3 heterocycles. The minimum absolute atomic E-state index is 0.0654. The number of rotatable bonds is 9. The Morgan fingerprint density at radius 2 is 1.77 bits per heavy atom. The number of carbonyl (C=O) groups excluding carboxylic acids is 1. The van der Waals surface area contributed by atoms with Gasteiger partial charge < -0.3 is 19.1 Å². The van der Waals surface area contributed by atoms with E-state index in [9.17, 15) is 4.79 Å². The van der Waals surface area contributed by atoms with Crippen LogP contribution in [0.5, 0.6) is 11.5 Å². The molecule has 1 aromatic heterocycles. The Hall–Kier alpha value is -3.85. The fourth-order valence-electron chi connectivity index (χ4n) is 5.38. The smallest absolute Gasteiger partial charge is 0.273 e. The fourth-order valence-corrected chi connectivity index (χ4v) is 5.51. The van der Waals surface area contributed by atoms with E-state index in [0.29, 0.717) is 48.6 Å². The maximum absolute atomic E-state index is 13.8. The van der Waals surface area contributed by atoms with E-state index in [1.807, 2.05) is 77.7 Å². The summed E-state index contributed by atoms with van der Waals surface area (Å²) in [6.45, 7) is 4.89. The summed E-state index contributed by atoms with van der Waals surface area (Å²) in [6, 6.07) is 23.1. The van der Waals surface area contributed by atoms with Crippen LogP contribution in [0.2, 0.25) is 5.02 Å². The van der Waals surface area contributed by atoms with Gasteiger partial charge in [0, 0.05) is 42.3 Å². The molecule has 1 atom stereocenters. The summed E-state index contributed by atoms with van der Waals surface area (Å²) in [5.41, 5.74) is 5.00. The molecule has 1 fully saturated rings. The molecule has 40 heavy (non-hydrogen) atoms. The molecule has 0 saturated carbocycles. The highest BCUT2D eigenvalue weighted by molar-refractivity contribution is 6.30. The van der Waals surface area contributed by atoms with E-state index in [1.54, 1.807) is 7.11 Å². The lowest BCUT2D eigenvalue weighted by molar-refractivity contribution is 0.0316. The van der Waals surface area contributed by atoms with Gasteiger partial charge in [-0.05, 0) is 35.4 Å². The first-order chi connectivity index (χ1) is 19.6. The average molecular weight is 559 g/mol. The highest BCUT2D eigenvalue weighted by Crippen LogP contribution is 2.44. The molecule has 206 valence electrons. The number of carbonyl (C=O) groups is 1. The van der Waals surface area contributed by atoms with E-state index in [-0.39, 0.29) is 11.9 Å². The van der Waals surface area contributed by atoms with Gasteiger partial charge in [-0.2, -0.15) is 5.10 Å². The number of methoxy groups -OCH3 is 1. The Kier molecular flexibility index (Phi) is 7.73. The zero-order valence-corrected chi connectivity index (χ0v) is 23.1. The summed E-state index contributed by atoms with van der Waals surface area (Å²) in [7, 11) is 1.63. The van der Waals surface area contributed by atoms with Crippen molar-refractivity contribution in [2.75, 3.05) is 46.5 Å². The van der Waals surface area contributed by atoms with Crippen LogP contribution in [0.25, 0.3) is 11.3 Å². The third-order valence-electron chi connectivity index (χ3n) is 7.48. The van der Waals surface area contributed by atoms with Crippen molar-refractivity contribution in [3.8, 4) is 22.8 Å². The second-order valence-corrected chi connectivity index (χ2v) is 10.3. The van der Waals surface area contributed by atoms with E-state index in [4.69, 9.17) is 25.8 Å². The summed E-state index contributed by atoms with van der Waals surface area (Å²) in [5, 5.41) is 8.25. The molecule has 0 bridgehead atoms. The second kappa shape index (κ2) is 11.7. The maximum atomic E-state index is 13.8. The predicted octanol–water partition coefficient (Wildman–Crippen LogP) is 5.20. The molecule has 8 nitrogen and oxygen atoms in total. The molecule has 2 aliphatic heterocycles. The number of nitrogens with one attached hydrogen (secondary N) is 1. The number of halogens is 1. The zero-order chi connectivity index (χ0) is 27.5. The summed E-state index contributed by atoms with van der Waals surface area (Å²) >= 11 is 6.16. The largest absolute Gasteiger partial charge is 0.493 e. The number of benzene rings is 3. The minimum atomic E-state index is -0.343. The van der Waals surface area contributed by atoms with Gasteiger partial charge >= 0.3 is 0 Å². The van der Waals surface area contributed by atoms with Crippen molar-refractivity contribution in [3.05, 3.63) is 100 Å². The Labute approximate surface area is 238 Å². The summed E-state index contributed by atoms with van der Waals surface area (Å²) < 4.78 is 17.4. The second-order valence-electron chi connectivity index (χ2n) is 9.91. The lowest BCUT2D eigenvalue weighted by Crippen LogP contribution is -2.42. The van der Waals surface area contributed by atoms with Crippen LogP contribution >= 0.6 is 11.6 Å². The fraction of sp³-hybridized carbons (Fsp3) is 0.290. The highest BCUT2D eigenvalue weighted by Gasteiger charge is 2.42. The molecular formula is C31H31ClN4O4. The molecule has 3 aromatic carbocycles. The van der Waals surface area contributed by atoms with E-state index in [2.05, 4.69) is 15.1 Å². The van der Waals surface area contributed by atoms with Crippen LogP contribution in [0.15, 0.2) is 72.8 Å². The first-order valence-corrected chi connectivity index (χ1v) is 13.8. The van der Waals surface area contributed by atoms with Crippen LogP contribution in [-0.2, 0) is 11.3 Å². The van der Waals surface area contributed by atoms with Crippen molar-refractivity contribution in [2.45, 2.75) is 12.6 Å². The van der Waals surface area contributed by atoms with Crippen molar-refractivity contribution < 1.29 is 19.0 Å². The third-order valence-corrected chi connectivity index (χ3v) is 7.73. The van der Waals surface area contributed by atoms with Gasteiger partial charge in [-0.3, -0.25) is 14.8 Å². The van der Waals surface area contributed by atoms with Gasteiger partial charge in [0.1, 0.15) is 12.3 Å². The van der Waals surface area contributed by atoms with Crippen molar-refractivity contribution in [2.24, 2.45) is 0 Å². The summed E-state index contributed by atoms with van der Waals surface area (Å²) in [6.07, 6.45) is 0. The Bertz CT molecular complexity index is 1470. The monoisotopic (exact) mass is 558 g/mol. The van der Waals surface area contributed by atoms with Crippen LogP contribution in [0.4, 0.5) is 0 Å². The SMILES string of the molecule is COc1cc(C2c3c(-c4ccc(Cl)cc4)n[nH]c3C(=O)N2CCN2CCOCC2)ccc1OCc1ccccc1. The van der Waals surface area contributed by atoms with Gasteiger partial charge in [0.2, 0.25) is 0 Å². The van der Waals surface area contributed by atoms with Gasteiger partial charge in [0.05, 0.1) is 32.1 Å². The number of amides is 1. The molecule has 1 amide bonds. The first kappa shape index (κ1) is 26.4. The molecule has 2 aliphatic rings. The Balaban J connectivity index is 1.35. The zero-order valence-electron chi connectivity index (χ0n) is 22.3. The van der Waals surface area contributed by atoms with Crippen molar-refractivity contribution in [1.29, 1.82) is 0 Å². The standard InChI is InChI=1S/C31H31ClN4O4/c1-38-26-19-23(9-12-25(26)40-20-21-5-3-2-4-6-21)30-27-28(22-7-10-24(32)11-8-22)33-34-29(27)31(37)36(30)14-13-35-15-17-39-18-16-35/h2-12,19,30H,13-18,20H2,1H3,(H,33,34). The maximum Gasteiger partial charge on any atom is 0.273 e. The number of aromatic nitrogens is 2. The van der Waals surface area contributed by atoms with Gasteiger partial charge in [0.25, 0.3) is 5.91 Å². The quantitative estimate of drug-likeness (QED) is 0.304. The van der Waals surface area contributed by atoms with E-state index < -0.39 is 0 Å². The van der Waals surface area contributed by atoms with Crippen molar-refractivity contribution in [1.82, 2.24) is 20.0 Å². The van der Waals surface area contributed by atoms with Crippen molar-refractivity contribution >= 4 is 17.5 Å². The first-order valence-electron chi connectivity index (χ1n) is 13.4. The van der Waals surface area contributed by atoms with Crippen LogP contribution in [0.1, 0.15) is 33.2 Å². The van der Waals surface area contributed by atoms with Gasteiger partial charge in [-0.1, -0.05) is 60.1 Å². The number of hydrogen-bond acceptors (Lipinski definition) is 6. The lowest BCUT2D eigenvalue weighted by atomic mass is 9.95. The molecule has 0 radical (unpaired) electrons. The molecule has 1 unspecified atom stereocenters. The van der Waals surface area contributed by atoms with E-state index in [1.165, 1.54) is 0 Å². The normalized spacial score (nSPS) is 17.2. The highest BCUT2D eigenvalue weighted by atomic mass is 35.5. The Morgan fingerprint density at radius 3 is 2.52 bits per heavy atom. The molecule has 4 aromatic rings. The molecule has 1 saturated heterocycles. The van der Waals surface area contributed by atoms with Crippen LogP contribution in [-0.4, -0.2) is 72.4 Å². The number of ether oxygens (including phenoxy) is 3. The number of hydrogen-bond donors (Lipinski definition) is 1. The molecule has 0 aliphatic carbocycles. The number of nitrogens with zero attached hydrogens (tertiary/aromatic N) is 3. The molecule has 0 spiro atoms. The van der Waals surface area contributed by atoms with Gasteiger partial charge in [-0.25, -0.2) is 0 Å². The lowest BCUT2D eigenvalue weighted by Gasteiger charge is -2.31. The summed E-state index contributed by atoms with van der Waals surface area (Å²) in [4.78, 5) is 18.0. The topological polar surface area (TPSA) is 79.9 Å². The molecule has 9 heteroatoms. The minimum Gasteiger partial charge on any atom is -0.493 e. The number of aromatic amines is 1. The summed E-state index contributed by atoms with van der Waals surface area (Å²) in [5.74, 6) is 1.19. The van der Waals surface area contributed by atoms with E-state index in [0.717, 1.165) is 47.6 Å². The number of morpholine rings is 1. The molecule has 6 rings (SSSR count). The molecule has 1 N–H and O–H groups in total. The van der Waals surface area contributed by atoms with Gasteiger partial charge in [-0.15, -0.1) is 0 Å². The van der Waals surface area contributed by atoms with Crippen LogP contribution in [0.3, 0.4) is 0 Å². The third kappa shape index (κ3) is 5.30. The number of fused-ring (bicyclic) bond motifs is 1. The number of H-pyrrole nitrogens is 1.